The van der Waals surface area contributed by atoms with Gasteiger partial charge < -0.3 is 63.3 Å². The molecule has 0 unspecified atom stereocenters. The second-order valence-electron chi connectivity index (χ2n) is 23.9. The summed E-state index contributed by atoms with van der Waals surface area (Å²) in [5.74, 6) is -0.0614. The topological polar surface area (TPSA) is 247 Å². The van der Waals surface area contributed by atoms with Gasteiger partial charge in [0.2, 0.25) is 26.0 Å². The van der Waals surface area contributed by atoms with E-state index in [-0.39, 0.29) is 93.0 Å². The summed E-state index contributed by atoms with van der Waals surface area (Å²) in [6.45, 7) is 13.9. The molecule has 4 aliphatic heterocycles. The number of amides is 3. The number of carbonyl (C=O) groups is 4. The number of likely N-dealkylation sites (N-methyl/N-ethyl adjacent to an activating group) is 2. The molecule has 0 bridgehead atoms. The fraction of sp³-hybridized carbons (Fsp3) is 0.582. The Hall–Kier alpha value is -6.42. The molecule has 25 heteroatoms. The van der Waals surface area contributed by atoms with Crippen molar-refractivity contribution in [1.29, 1.82) is 0 Å². The van der Waals surface area contributed by atoms with Gasteiger partial charge in [-0.15, -0.1) is 0 Å². The number of aliphatic carboxylic acids is 1. The van der Waals surface area contributed by atoms with Crippen molar-refractivity contribution in [2.45, 2.75) is 134 Å². The van der Waals surface area contributed by atoms with Crippen molar-refractivity contribution in [3.05, 3.63) is 118 Å². The van der Waals surface area contributed by atoms with Gasteiger partial charge in [0.15, 0.2) is 0 Å². The molecule has 4 aromatic rings. The van der Waals surface area contributed by atoms with Crippen molar-refractivity contribution >= 4 is 44.1 Å². The Morgan fingerprint density at radius 2 is 0.967 bits per heavy atom. The highest BCUT2D eigenvalue weighted by Crippen LogP contribution is 2.31. The summed E-state index contributed by atoms with van der Waals surface area (Å²) in [5, 5.41) is 11.9. The monoisotopic (exact) mass is 1320 g/mol. The average molecular weight is 1320 g/mol. The summed E-state index contributed by atoms with van der Waals surface area (Å²) in [7, 11) is 2.81. The first kappa shape index (κ1) is 76.3. The third-order valence-electron chi connectivity index (χ3n) is 17.0. The highest BCUT2D eigenvalue weighted by atomic mass is 32.2. The van der Waals surface area contributed by atoms with E-state index < -0.39 is 32.6 Å². The molecule has 4 aromatic carbocycles. The number of carboxylic acid groups (broad SMARTS) is 1. The van der Waals surface area contributed by atoms with Gasteiger partial charge in [0, 0.05) is 64.9 Å². The molecule has 2 atom stereocenters. The molecule has 0 spiro atoms. The number of nitrogens with one attached hydrogen (secondary N) is 1. The lowest BCUT2D eigenvalue weighted by Gasteiger charge is -2.44. The Morgan fingerprint density at radius 1 is 0.565 bits per heavy atom. The second kappa shape index (κ2) is 37.5. The molecule has 4 heterocycles. The van der Waals surface area contributed by atoms with Gasteiger partial charge >= 0.3 is 18.2 Å². The second-order valence-corrected chi connectivity index (χ2v) is 27.9. The van der Waals surface area contributed by atoms with E-state index in [2.05, 4.69) is 29.2 Å². The molecule has 0 saturated carbocycles. The van der Waals surface area contributed by atoms with Crippen LogP contribution in [0.4, 0.5) is 9.59 Å². The first-order valence-corrected chi connectivity index (χ1v) is 34.3. The maximum Gasteiger partial charge on any atom is 0.410 e. The Labute approximate surface area is 547 Å². The van der Waals surface area contributed by atoms with E-state index in [1.165, 1.54) is 25.5 Å². The van der Waals surface area contributed by atoms with E-state index in [0.29, 0.717) is 59.5 Å². The van der Waals surface area contributed by atoms with Gasteiger partial charge in [-0.3, -0.25) is 4.79 Å². The molecule has 4 aliphatic rings. The molecule has 4 saturated heterocycles. The number of sulfonamides is 2. The predicted octanol–water partition coefficient (Wildman–Crippen LogP) is 7.81. The highest BCUT2D eigenvalue weighted by molar-refractivity contribution is 7.89. The molecule has 0 aromatic heterocycles. The van der Waals surface area contributed by atoms with Crippen molar-refractivity contribution in [1.82, 2.24) is 38.4 Å². The largest absolute Gasteiger partial charge is 0.497 e. The number of carbonyl (C=O) groups excluding carboxylic acids is 3. The normalized spacial score (nSPS) is 17.7. The molecular formula is C67H102N8O15S2. The van der Waals surface area contributed by atoms with Crippen molar-refractivity contribution < 1.29 is 69.5 Å². The maximum absolute atomic E-state index is 13.5. The van der Waals surface area contributed by atoms with Crippen molar-refractivity contribution in [2.24, 2.45) is 0 Å². The van der Waals surface area contributed by atoms with Crippen molar-refractivity contribution in [2.75, 3.05) is 134 Å². The SMILES string of the molecule is C.CN1CCC(N(C(=O)OCc2ccccc2)[C@H]2CCCNC2)CC1.COc1cc(C)c(S(=O)(=O)N(C)CCOCC(=O)N2CCC[C@H](N(C(=O)OCc3ccccc3)C3CCN(C)CC3)C2)c(C)c1.COc1cc(C)c(S(=O)(=O)N(C)CCOCC(=O)O)c(C)c1. The summed E-state index contributed by atoms with van der Waals surface area (Å²) in [5.41, 5.74) is 4.36. The van der Waals surface area contributed by atoms with Gasteiger partial charge in [-0.25, -0.2) is 31.2 Å². The van der Waals surface area contributed by atoms with Gasteiger partial charge in [0.25, 0.3) is 0 Å². The number of rotatable bonds is 24. The standard InChI is InChI=1S/C33H48N4O7S.C19H29N3O2.C14H21NO6S.CH4/c1-25-20-30(42-5)21-26(2)32(25)45(40,41)35(4)18-19-43-24-31(38)36-15-9-12-29(22-36)37(28-13-16-34(3)17-14-28)33(39)44-23-27-10-7-6-8-11-27;1-21-12-9-17(10-13-21)22(18-8-5-11-20-14-18)19(23)24-15-16-6-3-2-4-7-16;1-10-7-12(20-4)8-11(2)14(10)22(18,19)15(3)5-6-21-9-13(16)17;/h6-8,10-11,20-21,28-29H,9,12-19,22-24H2,1-5H3;2-4,6-7,17-18,20H,5,8-15H2,1H3;7-8H,5-6,9H2,1-4H3,(H,16,17);1H4/t29-;18-;;/m00../s1. The van der Waals surface area contributed by atoms with Crippen LogP contribution >= 0.6 is 0 Å². The number of hydrogen-bond acceptors (Lipinski definition) is 17. The van der Waals surface area contributed by atoms with Crippen LogP contribution < -0.4 is 14.8 Å². The van der Waals surface area contributed by atoms with Crippen molar-refractivity contribution in [3.63, 3.8) is 0 Å². The predicted molar refractivity (Wildman–Crippen MR) is 354 cm³/mol. The number of piperidine rings is 4. The molecule has 2 N–H and O–H groups in total. The molecule has 0 radical (unpaired) electrons. The number of aryl methyl sites for hydroxylation is 4. The van der Waals surface area contributed by atoms with E-state index in [1.807, 2.05) is 70.5 Å². The zero-order valence-corrected chi connectivity index (χ0v) is 56.6. The quantitative estimate of drug-likeness (QED) is 0.0635. The van der Waals surface area contributed by atoms with E-state index in [1.54, 1.807) is 64.0 Å². The van der Waals surface area contributed by atoms with Gasteiger partial charge in [0.05, 0.1) is 43.3 Å². The van der Waals surface area contributed by atoms with E-state index in [4.69, 9.17) is 33.5 Å². The van der Waals surface area contributed by atoms with Crippen molar-refractivity contribution in [3.8, 4) is 11.5 Å². The minimum absolute atomic E-state index is 0. The Bertz CT molecular complexity index is 3130. The van der Waals surface area contributed by atoms with E-state index >= 15 is 0 Å². The number of nitrogens with zero attached hydrogens (tertiary/aromatic N) is 7. The van der Waals surface area contributed by atoms with Crippen LogP contribution in [0.1, 0.15) is 92.2 Å². The Balaban J connectivity index is 0.000000275. The lowest BCUT2D eigenvalue weighted by Crippen LogP contribution is -2.57. The number of benzene rings is 4. The summed E-state index contributed by atoms with van der Waals surface area (Å²) in [4.78, 5) is 60.7. The minimum Gasteiger partial charge on any atom is -0.497 e. The summed E-state index contributed by atoms with van der Waals surface area (Å²) >= 11 is 0. The van der Waals surface area contributed by atoms with Crippen LogP contribution in [0.15, 0.2) is 94.7 Å². The smallest absolute Gasteiger partial charge is 0.410 e. The number of likely N-dealkylation sites (tertiary alicyclic amines) is 3. The number of carboxylic acids is 1. The Kier molecular flexibility index (Phi) is 31.1. The summed E-state index contributed by atoms with van der Waals surface area (Å²) < 4.78 is 86.6. The van der Waals surface area contributed by atoms with Crippen LogP contribution in [0, 0.1) is 27.7 Å². The van der Waals surface area contributed by atoms with Gasteiger partial charge in [0.1, 0.15) is 37.9 Å². The number of ether oxygens (including phenoxy) is 6. The average Bonchev–Trinajstić information content (AvgIpc) is 0.970. The van der Waals surface area contributed by atoms with Gasteiger partial charge in [-0.1, -0.05) is 68.1 Å². The molecule has 8 rings (SSSR count). The number of methoxy groups -OCH3 is 2. The zero-order chi connectivity index (χ0) is 66.3. The van der Waals surface area contributed by atoms with Crippen LogP contribution in [0.5, 0.6) is 11.5 Å². The maximum atomic E-state index is 13.5. The third kappa shape index (κ3) is 22.4. The fourth-order valence-electron chi connectivity index (χ4n) is 12.0. The summed E-state index contributed by atoms with van der Waals surface area (Å²) in [6.07, 6.45) is 7.06. The van der Waals surface area contributed by atoms with Crippen LogP contribution in [0.25, 0.3) is 0 Å². The van der Waals surface area contributed by atoms with Crippen LogP contribution in [-0.2, 0) is 61.8 Å². The summed E-state index contributed by atoms with van der Waals surface area (Å²) in [6, 6.07) is 26.7. The molecule has 92 heavy (non-hydrogen) atoms. The molecule has 23 nitrogen and oxygen atoms in total. The minimum atomic E-state index is -3.76. The molecule has 0 aliphatic carbocycles. The lowest BCUT2D eigenvalue weighted by molar-refractivity contribution is -0.142. The first-order valence-electron chi connectivity index (χ1n) is 31.4. The van der Waals surface area contributed by atoms with Gasteiger partial charge in [-0.05, 0) is 184 Å². The zero-order valence-electron chi connectivity index (χ0n) is 55.0. The molecule has 3 amide bonds. The van der Waals surface area contributed by atoms with Gasteiger partial charge in [-0.2, -0.15) is 8.61 Å². The van der Waals surface area contributed by atoms with Crippen LogP contribution in [0.3, 0.4) is 0 Å². The van der Waals surface area contributed by atoms with E-state index in [0.717, 1.165) is 106 Å². The van der Waals surface area contributed by atoms with Crippen LogP contribution in [-0.4, -0.2) is 238 Å². The highest BCUT2D eigenvalue weighted by Gasteiger charge is 2.38. The molecular weight excluding hydrogens is 1220 g/mol. The lowest BCUT2D eigenvalue weighted by atomic mass is 9.97. The molecule has 512 valence electrons. The molecule has 4 fully saturated rings. The van der Waals surface area contributed by atoms with Crippen LogP contribution in [0.2, 0.25) is 0 Å². The fourth-order valence-corrected chi connectivity index (χ4v) is 15.1. The first-order chi connectivity index (χ1) is 43.4. The number of hydrogen-bond donors (Lipinski definition) is 2. The Morgan fingerprint density at radius 3 is 1.36 bits per heavy atom. The van der Waals surface area contributed by atoms with E-state index in [9.17, 15) is 36.0 Å². The third-order valence-corrected chi connectivity index (χ3v) is 21.4.